The van der Waals surface area contributed by atoms with Crippen molar-refractivity contribution in [3.63, 3.8) is 0 Å². The summed E-state index contributed by atoms with van der Waals surface area (Å²) in [7, 11) is 0. The second-order valence-corrected chi connectivity index (χ2v) is 15.0. The van der Waals surface area contributed by atoms with Crippen LogP contribution in [-0.4, -0.2) is 19.9 Å². The van der Waals surface area contributed by atoms with Crippen molar-refractivity contribution in [3.8, 4) is 78.8 Å². The van der Waals surface area contributed by atoms with Gasteiger partial charge in [-0.15, -0.1) is 0 Å². The molecular formula is C56H36N4. The van der Waals surface area contributed by atoms with E-state index in [0.717, 1.165) is 66.7 Å². The van der Waals surface area contributed by atoms with E-state index in [0.29, 0.717) is 17.5 Å². The maximum absolute atomic E-state index is 5.34. The van der Waals surface area contributed by atoms with Crippen molar-refractivity contribution in [2.45, 2.75) is 0 Å². The first-order valence-electron chi connectivity index (χ1n) is 20.2. The van der Waals surface area contributed by atoms with Gasteiger partial charge in [-0.3, -0.25) is 0 Å². The van der Waals surface area contributed by atoms with E-state index in [9.17, 15) is 0 Å². The normalized spacial score (nSPS) is 11.3. The van der Waals surface area contributed by atoms with Crippen LogP contribution in [0.25, 0.3) is 111 Å². The average Bonchev–Trinajstić information content (AvgIpc) is 3.34. The van der Waals surface area contributed by atoms with Crippen molar-refractivity contribution in [1.29, 1.82) is 0 Å². The number of rotatable bonds is 7. The maximum atomic E-state index is 5.34. The summed E-state index contributed by atoms with van der Waals surface area (Å²) in [6.45, 7) is 0. The van der Waals surface area contributed by atoms with Gasteiger partial charge in [0.2, 0.25) is 0 Å². The lowest BCUT2D eigenvalue weighted by atomic mass is 9.95. The van der Waals surface area contributed by atoms with E-state index in [-0.39, 0.29) is 0 Å². The predicted octanol–water partition coefficient (Wildman–Crippen LogP) is 14.4. The SMILES string of the molecule is c1ccc(-c2ccc(-c3nc(-c4ccccc4)nc(-c4cccc(-c5cccc(-c6ccc(-c7nc8c9ccccc9ccc8c8ccccc78)cc6)c5)c4)n3)cc2)cc1. The molecule has 0 radical (unpaired) electrons. The molecule has 0 saturated heterocycles. The molecule has 11 rings (SSSR count). The first kappa shape index (κ1) is 35.1. The smallest absolute Gasteiger partial charge is 0.164 e. The third-order valence-corrected chi connectivity index (χ3v) is 11.3. The van der Waals surface area contributed by atoms with Gasteiger partial charge in [-0.25, -0.2) is 19.9 Å². The van der Waals surface area contributed by atoms with E-state index in [2.05, 4.69) is 182 Å². The molecule has 9 aromatic carbocycles. The molecule has 0 atom stereocenters. The van der Waals surface area contributed by atoms with Gasteiger partial charge in [0.15, 0.2) is 17.5 Å². The summed E-state index contributed by atoms with van der Waals surface area (Å²) in [5, 5.41) is 5.90. The van der Waals surface area contributed by atoms with Crippen molar-refractivity contribution in [2.75, 3.05) is 0 Å². The number of fused-ring (bicyclic) bond motifs is 5. The first-order valence-corrected chi connectivity index (χ1v) is 20.2. The highest BCUT2D eigenvalue weighted by molar-refractivity contribution is 6.18. The Labute approximate surface area is 348 Å². The zero-order valence-corrected chi connectivity index (χ0v) is 32.6. The highest BCUT2D eigenvalue weighted by atomic mass is 15.0. The van der Waals surface area contributed by atoms with E-state index in [1.54, 1.807) is 0 Å². The summed E-state index contributed by atoms with van der Waals surface area (Å²) in [4.78, 5) is 20.4. The van der Waals surface area contributed by atoms with Gasteiger partial charge in [0, 0.05) is 38.4 Å². The highest BCUT2D eigenvalue weighted by Gasteiger charge is 2.15. The van der Waals surface area contributed by atoms with E-state index in [1.807, 2.05) is 36.4 Å². The standard InChI is InChI=1S/C56H36N4/c1-3-13-37(14-4-1)38-27-31-43(32-28-38)55-58-54(42-16-5-2-6-17-42)59-56(60-55)47-21-12-20-46(36-47)45-19-11-18-44(35-45)39-25-29-41(30-26-39)52-50-24-10-9-23-49(50)51-34-33-40-15-7-8-22-48(40)53(51)57-52/h1-36H. The first-order chi connectivity index (χ1) is 29.7. The van der Waals surface area contributed by atoms with Crippen LogP contribution in [0.3, 0.4) is 0 Å². The minimum atomic E-state index is 0.627. The molecule has 4 nitrogen and oxygen atoms in total. The summed E-state index contributed by atoms with van der Waals surface area (Å²) in [6.07, 6.45) is 0. The van der Waals surface area contributed by atoms with Gasteiger partial charge in [-0.1, -0.05) is 206 Å². The Kier molecular flexibility index (Phi) is 8.79. The quantitative estimate of drug-likeness (QED) is 0.152. The fourth-order valence-electron chi connectivity index (χ4n) is 8.24. The average molecular weight is 765 g/mol. The molecule has 0 aliphatic carbocycles. The van der Waals surface area contributed by atoms with Crippen LogP contribution >= 0.6 is 0 Å². The topological polar surface area (TPSA) is 51.6 Å². The van der Waals surface area contributed by atoms with Crippen LogP contribution < -0.4 is 0 Å². The predicted molar refractivity (Wildman–Crippen MR) is 248 cm³/mol. The number of pyridine rings is 1. The highest BCUT2D eigenvalue weighted by Crippen LogP contribution is 2.37. The Morgan fingerprint density at radius 2 is 0.633 bits per heavy atom. The fourth-order valence-corrected chi connectivity index (χ4v) is 8.24. The lowest BCUT2D eigenvalue weighted by Crippen LogP contribution is -2.00. The third kappa shape index (κ3) is 6.56. The van der Waals surface area contributed by atoms with Crippen LogP contribution in [0, 0.1) is 0 Å². The van der Waals surface area contributed by atoms with Crippen molar-refractivity contribution in [2.24, 2.45) is 0 Å². The number of hydrogen-bond acceptors (Lipinski definition) is 4. The molecule has 0 fully saturated rings. The largest absolute Gasteiger partial charge is 0.246 e. The second-order valence-electron chi connectivity index (χ2n) is 15.0. The molecule has 11 aromatic rings. The summed E-state index contributed by atoms with van der Waals surface area (Å²) >= 11 is 0. The number of aromatic nitrogens is 4. The molecule has 0 N–H and O–H groups in total. The molecule has 280 valence electrons. The summed E-state index contributed by atoms with van der Waals surface area (Å²) in [5.41, 5.74) is 12.7. The Balaban J connectivity index is 0.934. The molecule has 4 heteroatoms. The van der Waals surface area contributed by atoms with Crippen LogP contribution in [0.5, 0.6) is 0 Å². The van der Waals surface area contributed by atoms with Crippen molar-refractivity contribution >= 4 is 32.4 Å². The van der Waals surface area contributed by atoms with Crippen LogP contribution in [0.2, 0.25) is 0 Å². The molecule has 0 unspecified atom stereocenters. The molecular weight excluding hydrogens is 729 g/mol. The monoisotopic (exact) mass is 764 g/mol. The van der Waals surface area contributed by atoms with Crippen LogP contribution in [0.1, 0.15) is 0 Å². The molecule has 2 heterocycles. The van der Waals surface area contributed by atoms with E-state index < -0.39 is 0 Å². The Hall–Kier alpha value is -8.08. The molecule has 0 aliphatic heterocycles. The summed E-state index contributed by atoms with van der Waals surface area (Å²) in [6, 6.07) is 76.5. The zero-order chi connectivity index (χ0) is 39.8. The van der Waals surface area contributed by atoms with Crippen molar-refractivity contribution in [1.82, 2.24) is 19.9 Å². The van der Waals surface area contributed by atoms with Gasteiger partial charge in [0.25, 0.3) is 0 Å². The van der Waals surface area contributed by atoms with Crippen LogP contribution in [-0.2, 0) is 0 Å². The molecule has 2 aromatic heterocycles. The van der Waals surface area contributed by atoms with Crippen molar-refractivity contribution in [3.05, 3.63) is 218 Å². The zero-order valence-electron chi connectivity index (χ0n) is 32.6. The van der Waals surface area contributed by atoms with Gasteiger partial charge in [-0.05, 0) is 56.3 Å². The summed E-state index contributed by atoms with van der Waals surface area (Å²) < 4.78 is 0. The molecule has 0 saturated carbocycles. The molecule has 60 heavy (non-hydrogen) atoms. The molecule has 0 aliphatic rings. The second kappa shape index (κ2) is 15.0. The van der Waals surface area contributed by atoms with Crippen molar-refractivity contribution < 1.29 is 0 Å². The van der Waals surface area contributed by atoms with Crippen LogP contribution in [0.15, 0.2) is 218 Å². The van der Waals surface area contributed by atoms with Crippen LogP contribution in [0.4, 0.5) is 0 Å². The van der Waals surface area contributed by atoms with Gasteiger partial charge in [-0.2, -0.15) is 0 Å². The molecule has 0 amide bonds. The molecule has 0 spiro atoms. The number of benzene rings is 9. The van der Waals surface area contributed by atoms with E-state index >= 15 is 0 Å². The van der Waals surface area contributed by atoms with E-state index in [1.165, 1.54) is 27.1 Å². The Morgan fingerprint density at radius 3 is 1.30 bits per heavy atom. The lowest BCUT2D eigenvalue weighted by Gasteiger charge is -2.13. The fraction of sp³-hybridized carbons (Fsp3) is 0. The molecule has 0 bridgehead atoms. The lowest BCUT2D eigenvalue weighted by molar-refractivity contribution is 1.07. The van der Waals surface area contributed by atoms with E-state index in [4.69, 9.17) is 19.9 Å². The van der Waals surface area contributed by atoms with Gasteiger partial charge >= 0.3 is 0 Å². The van der Waals surface area contributed by atoms with Gasteiger partial charge in [0.05, 0.1) is 11.2 Å². The minimum Gasteiger partial charge on any atom is -0.246 e. The summed E-state index contributed by atoms with van der Waals surface area (Å²) in [5.74, 6) is 1.90. The third-order valence-electron chi connectivity index (χ3n) is 11.3. The Morgan fingerprint density at radius 1 is 0.217 bits per heavy atom. The Bertz CT molecular complexity index is 3340. The number of hydrogen-bond donors (Lipinski definition) is 0. The van der Waals surface area contributed by atoms with Gasteiger partial charge in [0.1, 0.15) is 0 Å². The maximum Gasteiger partial charge on any atom is 0.164 e. The number of nitrogens with zero attached hydrogens (tertiary/aromatic N) is 4. The minimum absolute atomic E-state index is 0.627. The van der Waals surface area contributed by atoms with Gasteiger partial charge < -0.3 is 0 Å².